The third kappa shape index (κ3) is 8.98. The van der Waals surface area contributed by atoms with Crippen molar-refractivity contribution in [2.24, 2.45) is 22.7 Å². The molecular formula is C38H52O11. The summed E-state index contributed by atoms with van der Waals surface area (Å²) < 4.78 is 35.8. The van der Waals surface area contributed by atoms with Gasteiger partial charge in [0.15, 0.2) is 6.10 Å². The van der Waals surface area contributed by atoms with Crippen LogP contribution in [0.3, 0.4) is 0 Å². The lowest BCUT2D eigenvalue weighted by Gasteiger charge is -2.62. The number of hydrogen-bond acceptors (Lipinski definition) is 11. The van der Waals surface area contributed by atoms with E-state index in [-0.39, 0.29) is 12.0 Å². The Kier molecular flexibility index (Phi) is 13.8. The highest BCUT2D eigenvalue weighted by Crippen LogP contribution is 2.68. The Bertz CT molecular complexity index is 1380. The molecular weight excluding hydrogens is 632 g/mol. The van der Waals surface area contributed by atoms with E-state index >= 15 is 0 Å². The van der Waals surface area contributed by atoms with Crippen LogP contribution in [0, 0.1) is 22.7 Å². The first-order chi connectivity index (χ1) is 23.1. The lowest BCUT2D eigenvalue weighted by atomic mass is 9.44. The topological polar surface area (TPSA) is 141 Å². The molecule has 3 rings (SSSR count). The Morgan fingerprint density at radius 1 is 0.939 bits per heavy atom. The van der Waals surface area contributed by atoms with Gasteiger partial charge >= 0.3 is 29.8 Å². The molecule has 1 saturated heterocycles. The van der Waals surface area contributed by atoms with Gasteiger partial charge in [-0.25, -0.2) is 4.79 Å². The second-order valence-corrected chi connectivity index (χ2v) is 13.4. The summed E-state index contributed by atoms with van der Waals surface area (Å²) in [6.07, 6.45) is 9.13. The predicted molar refractivity (Wildman–Crippen MR) is 180 cm³/mol. The molecule has 0 N–H and O–H groups in total. The van der Waals surface area contributed by atoms with Crippen LogP contribution in [0.1, 0.15) is 93.4 Å². The van der Waals surface area contributed by atoms with Crippen molar-refractivity contribution in [3.8, 4) is 0 Å². The lowest BCUT2D eigenvalue weighted by molar-refractivity contribution is -0.279. The van der Waals surface area contributed by atoms with Crippen LogP contribution in [-0.2, 0) is 52.4 Å². The summed E-state index contributed by atoms with van der Waals surface area (Å²) in [5, 5.41) is 0. The fourth-order valence-corrected chi connectivity index (χ4v) is 7.71. The van der Waals surface area contributed by atoms with E-state index in [1.807, 2.05) is 19.9 Å². The summed E-state index contributed by atoms with van der Waals surface area (Å²) >= 11 is 0. The minimum Gasteiger partial charge on any atom is -0.458 e. The summed E-state index contributed by atoms with van der Waals surface area (Å²) in [5.74, 6) is -4.35. The van der Waals surface area contributed by atoms with Crippen LogP contribution in [0.2, 0.25) is 0 Å². The minimum absolute atomic E-state index is 0.204. The molecule has 0 aromatic carbocycles. The van der Waals surface area contributed by atoms with Gasteiger partial charge in [-0.15, -0.1) is 0 Å². The molecule has 11 nitrogen and oxygen atoms in total. The van der Waals surface area contributed by atoms with Crippen LogP contribution in [0.4, 0.5) is 0 Å². The molecule has 0 amide bonds. The van der Waals surface area contributed by atoms with Gasteiger partial charge in [-0.05, 0) is 49.5 Å². The highest BCUT2D eigenvalue weighted by Gasteiger charge is 2.75. The van der Waals surface area contributed by atoms with Crippen molar-refractivity contribution in [2.45, 2.75) is 124 Å². The molecule has 1 heterocycles. The average molecular weight is 685 g/mol. The van der Waals surface area contributed by atoms with Crippen molar-refractivity contribution in [3.05, 3.63) is 60.8 Å². The number of rotatable bonds is 15. The smallest absolute Gasteiger partial charge is 0.331 e. The van der Waals surface area contributed by atoms with Crippen molar-refractivity contribution in [1.29, 1.82) is 0 Å². The first-order valence-electron chi connectivity index (χ1n) is 17.0. The van der Waals surface area contributed by atoms with Crippen LogP contribution < -0.4 is 0 Å². The van der Waals surface area contributed by atoms with Gasteiger partial charge in [0.25, 0.3) is 0 Å². The first kappa shape index (κ1) is 39.4. The molecule has 0 aromatic rings. The van der Waals surface area contributed by atoms with Crippen molar-refractivity contribution in [3.63, 3.8) is 0 Å². The summed E-state index contributed by atoms with van der Waals surface area (Å²) in [5.41, 5.74) is -1.27. The van der Waals surface area contributed by atoms with E-state index in [9.17, 15) is 24.0 Å². The molecule has 270 valence electrons. The molecule has 3 aliphatic rings. The van der Waals surface area contributed by atoms with Crippen LogP contribution in [0.15, 0.2) is 60.8 Å². The zero-order valence-corrected chi connectivity index (χ0v) is 29.9. The Morgan fingerprint density at radius 3 is 2.18 bits per heavy atom. The fourth-order valence-electron chi connectivity index (χ4n) is 7.71. The number of esters is 5. The van der Waals surface area contributed by atoms with E-state index < -0.39 is 83.4 Å². The summed E-state index contributed by atoms with van der Waals surface area (Å²) in [6.45, 7) is 18.9. The molecule has 2 aliphatic carbocycles. The molecule has 0 bridgehead atoms. The van der Waals surface area contributed by atoms with E-state index in [1.165, 1.54) is 33.8 Å². The Labute approximate surface area is 289 Å². The standard InChI is InChI=1S/C38H52O11/c1-10-12-13-14-15-16-17-18-32(43)48-34-33(45-26(6)40)24(4)37(9,20-19-23(3)11-2)31-22-29(44-25(5)39)21-30-35(46-27(7)41)49-36(38(30,31)34)47-28(8)42/h11,15-18,21,24,29,31,33-36H,2-3,10,12-14,19-20,22H2,1,4-9H3. The van der Waals surface area contributed by atoms with E-state index in [4.69, 9.17) is 28.4 Å². The van der Waals surface area contributed by atoms with Gasteiger partial charge in [-0.1, -0.05) is 76.6 Å². The molecule has 9 unspecified atom stereocenters. The van der Waals surface area contributed by atoms with E-state index in [2.05, 4.69) is 20.1 Å². The second-order valence-electron chi connectivity index (χ2n) is 13.4. The highest BCUT2D eigenvalue weighted by molar-refractivity contribution is 5.82. The highest BCUT2D eigenvalue weighted by atomic mass is 16.8. The number of carbonyl (C=O) groups excluding carboxylic acids is 5. The normalized spacial score (nSPS) is 32.0. The molecule has 0 aromatic heterocycles. The maximum Gasteiger partial charge on any atom is 0.331 e. The van der Waals surface area contributed by atoms with Crippen molar-refractivity contribution in [1.82, 2.24) is 0 Å². The number of carbonyl (C=O) groups is 5. The van der Waals surface area contributed by atoms with E-state index in [1.54, 1.807) is 24.3 Å². The molecule has 1 saturated carbocycles. The van der Waals surface area contributed by atoms with Crippen molar-refractivity contribution < 1.29 is 52.4 Å². The third-order valence-electron chi connectivity index (χ3n) is 10.0. The number of hydrogen-bond donors (Lipinski definition) is 0. The fraction of sp³-hybridized carbons (Fsp3) is 0.605. The first-order valence-corrected chi connectivity index (χ1v) is 17.0. The van der Waals surface area contributed by atoms with Crippen LogP contribution in [-0.4, -0.2) is 60.7 Å². The minimum atomic E-state index is -1.54. The second kappa shape index (κ2) is 17.1. The van der Waals surface area contributed by atoms with Gasteiger partial charge in [0.1, 0.15) is 17.6 Å². The Hall–Kier alpha value is -3.99. The maximum atomic E-state index is 13.6. The van der Waals surface area contributed by atoms with Crippen LogP contribution in [0.5, 0.6) is 0 Å². The number of ether oxygens (including phenoxy) is 6. The monoisotopic (exact) mass is 684 g/mol. The number of unbranched alkanes of at least 4 members (excludes halogenated alkanes) is 3. The van der Waals surface area contributed by atoms with Crippen molar-refractivity contribution >= 4 is 29.8 Å². The third-order valence-corrected chi connectivity index (χ3v) is 10.0. The molecule has 1 aliphatic heterocycles. The Morgan fingerprint density at radius 2 is 1.59 bits per heavy atom. The lowest BCUT2D eigenvalue weighted by Crippen LogP contribution is -2.69. The van der Waals surface area contributed by atoms with Gasteiger partial charge < -0.3 is 23.7 Å². The van der Waals surface area contributed by atoms with Crippen LogP contribution >= 0.6 is 0 Å². The molecule has 9 atom stereocenters. The van der Waals surface area contributed by atoms with Crippen LogP contribution in [0.25, 0.3) is 0 Å². The van der Waals surface area contributed by atoms with Gasteiger partial charge in [0.05, 0.1) is 0 Å². The molecule has 0 radical (unpaired) electrons. The predicted octanol–water partition coefficient (Wildman–Crippen LogP) is 6.37. The number of allylic oxidation sites excluding steroid dienone is 5. The zero-order chi connectivity index (χ0) is 36.5. The van der Waals surface area contributed by atoms with Gasteiger partial charge in [-0.3, -0.25) is 23.9 Å². The average Bonchev–Trinajstić information content (AvgIpc) is 3.30. The largest absolute Gasteiger partial charge is 0.458 e. The zero-order valence-electron chi connectivity index (χ0n) is 29.9. The van der Waals surface area contributed by atoms with Gasteiger partial charge in [0.2, 0.25) is 12.6 Å². The van der Waals surface area contributed by atoms with Gasteiger partial charge in [0, 0.05) is 45.3 Å². The Balaban J connectivity index is 2.31. The van der Waals surface area contributed by atoms with Gasteiger partial charge in [-0.2, -0.15) is 0 Å². The maximum absolute atomic E-state index is 13.6. The molecule has 2 fully saturated rings. The summed E-state index contributed by atoms with van der Waals surface area (Å²) in [6, 6.07) is 0. The SMILES string of the molecule is C=CC(=C)CCC1(C)C(C)C(OC(C)=O)C(OC(=O)C=CC=CCCCCC)C23C(=CC(OC(C)=O)CC12)C(OC(C)=O)OC3OC(C)=O. The van der Waals surface area contributed by atoms with E-state index in [0.29, 0.717) is 12.8 Å². The molecule has 1 spiro atoms. The molecule has 49 heavy (non-hydrogen) atoms. The quantitative estimate of drug-likeness (QED) is 0.0474. The summed E-state index contributed by atoms with van der Waals surface area (Å²) in [4.78, 5) is 63.8. The van der Waals surface area contributed by atoms with E-state index in [0.717, 1.165) is 31.3 Å². The summed E-state index contributed by atoms with van der Waals surface area (Å²) in [7, 11) is 0. The molecule has 11 heteroatoms. The van der Waals surface area contributed by atoms with Crippen molar-refractivity contribution in [2.75, 3.05) is 0 Å².